The van der Waals surface area contributed by atoms with Crippen LogP contribution in [-0.4, -0.2) is 8.07 Å². The van der Waals surface area contributed by atoms with Gasteiger partial charge in [-0.1, -0.05) is 19.6 Å². The number of hydrogen-bond donors (Lipinski definition) is 0. The largest absolute Gasteiger partial charge is 1.00 e. The SMILES string of the molecule is [C-]#CC#C[Si](C)(C)C.[Cu+]. The Hall–Kier alpha value is -0.144. The maximum absolute atomic E-state index is 6.48. The van der Waals surface area contributed by atoms with E-state index in [1.807, 2.05) is 5.92 Å². The Labute approximate surface area is 68.9 Å². The Balaban J connectivity index is 0. The molecule has 0 aromatic heterocycles. The predicted molar refractivity (Wildman–Crippen MR) is 38.3 cm³/mol. The molecule has 0 bridgehead atoms. The van der Waals surface area contributed by atoms with Crippen molar-refractivity contribution in [1.29, 1.82) is 0 Å². The van der Waals surface area contributed by atoms with Crippen molar-refractivity contribution in [3.8, 4) is 17.4 Å². The summed E-state index contributed by atoms with van der Waals surface area (Å²) >= 11 is 0. The van der Waals surface area contributed by atoms with Crippen molar-refractivity contribution < 1.29 is 17.1 Å². The summed E-state index contributed by atoms with van der Waals surface area (Å²) in [6.45, 7) is 6.41. The molecule has 0 spiro atoms. The van der Waals surface area contributed by atoms with E-state index >= 15 is 0 Å². The summed E-state index contributed by atoms with van der Waals surface area (Å²) in [5.74, 6) is 4.56. The molecular formula is C7H9CuSi. The van der Waals surface area contributed by atoms with Gasteiger partial charge < -0.3 is 6.42 Å². The molecule has 52 valence electrons. The fourth-order valence-corrected chi connectivity index (χ4v) is 0.656. The molecule has 0 saturated heterocycles. The molecule has 0 aliphatic carbocycles. The molecule has 0 aliphatic heterocycles. The van der Waals surface area contributed by atoms with Gasteiger partial charge in [0.05, 0.1) is 0 Å². The minimum atomic E-state index is -1.22. The monoisotopic (exact) mass is 184 g/mol. The van der Waals surface area contributed by atoms with Gasteiger partial charge in [0.25, 0.3) is 0 Å². The molecule has 9 heavy (non-hydrogen) atoms. The van der Waals surface area contributed by atoms with E-state index in [0.717, 1.165) is 0 Å². The zero-order valence-electron chi connectivity index (χ0n) is 5.80. The molecule has 0 aromatic carbocycles. The quantitative estimate of drug-likeness (QED) is 0.304. The Morgan fingerprint density at radius 3 is 1.78 bits per heavy atom. The molecule has 0 unspecified atom stereocenters. The van der Waals surface area contributed by atoms with Gasteiger partial charge in [-0.15, -0.1) is 0 Å². The van der Waals surface area contributed by atoms with Crippen LogP contribution in [0.2, 0.25) is 19.6 Å². The van der Waals surface area contributed by atoms with Gasteiger partial charge in [-0.05, 0) is 0 Å². The van der Waals surface area contributed by atoms with E-state index < -0.39 is 8.07 Å². The van der Waals surface area contributed by atoms with Crippen molar-refractivity contribution in [2.45, 2.75) is 19.6 Å². The van der Waals surface area contributed by atoms with Crippen molar-refractivity contribution >= 4 is 8.07 Å². The van der Waals surface area contributed by atoms with Crippen LogP contribution in [-0.2, 0) is 17.1 Å². The van der Waals surface area contributed by atoms with Crippen molar-refractivity contribution in [1.82, 2.24) is 0 Å². The smallest absolute Gasteiger partial charge is 0.358 e. The summed E-state index contributed by atoms with van der Waals surface area (Å²) in [5, 5.41) is 0. The Kier molecular flexibility index (Phi) is 6.08. The van der Waals surface area contributed by atoms with Crippen LogP contribution >= 0.6 is 0 Å². The molecule has 0 radical (unpaired) electrons. The summed E-state index contributed by atoms with van der Waals surface area (Å²) in [6.07, 6.45) is 6.48. The maximum atomic E-state index is 6.48. The zero-order chi connectivity index (χ0) is 6.62. The fourth-order valence-electron chi connectivity index (χ4n) is 0.219. The molecule has 0 nitrogen and oxygen atoms in total. The molecule has 0 N–H and O–H groups in total. The first-order chi connectivity index (χ1) is 3.56. The van der Waals surface area contributed by atoms with E-state index in [9.17, 15) is 0 Å². The number of hydrogen-bond acceptors (Lipinski definition) is 0. The number of rotatable bonds is 0. The van der Waals surface area contributed by atoms with Crippen molar-refractivity contribution in [2.24, 2.45) is 0 Å². The van der Waals surface area contributed by atoms with Crippen LogP contribution in [0.5, 0.6) is 0 Å². The van der Waals surface area contributed by atoms with Gasteiger partial charge in [-0.3, -0.25) is 11.8 Å². The Morgan fingerprint density at radius 1 is 1.22 bits per heavy atom. The van der Waals surface area contributed by atoms with Crippen LogP contribution in [0.15, 0.2) is 0 Å². The average Bonchev–Trinajstić information content (AvgIpc) is 1.59. The average molecular weight is 185 g/mol. The van der Waals surface area contributed by atoms with Crippen LogP contribution < -0.4 is 0 Å². The summed E-state index contributed by atoms with van der Waals surface area (Å²) in [5.41, 5.74) is 2.96. The third-order valence-electron chi connectivity index (χ3n) is 0.500. The van der Waals surface area contributed by atoms with Crippen molar-refractivity contribution in [2.75, 3.05) is 0 Å². The van der Waals surface area contributed by atoms with Crippen LogP contribution in [0.3, 0.4) is 0 Å². The molecular weight excluding hydrogens is 176 g/mol. The van der Waals surface area contributed by atoms with E-state index in [2.05, 4.69) is 31.1 Å². The molecule has 0 rings (SSSR count). The maximum Gasteiger partial charge on any atom is 1.00 e. The van der Waals surface area contributed by atoms with Gasteiger partial charge in [0.15, 0.2) is 0 Å². The second-order valence-corrected chi connectivity index (χ2v) is 7.38. The molecule has 2 heteroatoms. The van der Waals surface area contributed by atoms with Gasteiger partial charge in [0.2, 0.25) is 0 Å². The first-order valence-corrected chi connectivity index (χ1v) is 6.00. The van der Waals surface area contributed by atoms with E-state index in [1.54, 1.807) is 0 Å². The van der Waals surface area contributed by atoms with Gasteiger partial charge in [-0.2, -0.15) is 0 Å². The molecule has 0 amide bonds. The molecule has 0 fully saturated rings. The van der Waals surface area contributed by atoms with Gasteiger partial charge >= 0.3 is 17.1 Å². The molecule has 0 heterocycles. The molecule has 0 atom stereocenters. The first-order valence-electron chi connectivity index (χ1n) is 2.50. The van der Waals surface area contributed by atoms with Crippen LogP contribution in [0.25, 0.3) is 0 Å². The fraction of sp³-hybridized carbons (Fsp3) is 0.429. The molecule has 0 saturated carbocycles. The normalized spacial score (nSPS) is 7.78. The van der Waals surface area contributed by atoms with Crippen LogP contribution in [0, 0.1) is 23.8 Å². The molecule has 0 aromatic rings. The summed E-state index contributed by atoms with van der Waals surface area (Å²) < 4.78 is 0. The van der Waals surface area contributed by atoms with Crippen molar-refractivity contribution in [3.63, 3.8) is 0 Å². The predicted octanol–water partition coefficient (Wildman–Crippen LogP) is 1.45. The van der Waals surface area contributed by atoms with E-state index in [1.165, 1.54) is 0 Å². The first kappa shape index (κ1) is 11.6. The molecule has 0 aliphatic rings. The zero-order valence-corrected chi connectivity index (χ0v) is 7.74. The third kappa shape index (κ3) is 11.4. The minimum Gasteiger partial charge on any atom is -0.358 e. The Bertz CT molecular complexity index is 160. The van der Waals surface area contributed by atoms with Gasteiger partial charge in [0, 0.05) is 0 Å². The van der Waals surface area contributed by atoms with Gasteiger partial charge in [0.1, 0.15) is 8.07 Å². The summed E-state index contributed by atoms with van der Waals surface area (Å²) in [4.78, 5) is 0. The second kappa shape index (κ2) is 4.71. The second-order valence-electron chi connectivity index (χ2n) is 2.62. The van der Waals surface area contributed by atoms with Gasteiger partial charge in [-0.25, -0.2) is 5.54 Å². The van der Waals surface area contributed by atoms with Crippen LogP contribution in [0.4, 0.5) is 0 Å². The van der Waals surface area contributed by atoms with E-state index in [-0.39, 0.29) is 17.1 Å². The van der Waals surface area contributed by atoms with Crippen LogP contribution in [0.1, 0.15) is 0 Å². The Morgan fingerprint density at radius 2 is 1.67 bits per heavy atom. The topological polar surface area (TPSA) is 0 Å². The standard InChI is InChI=1S/C7H9Si.Cu/c1-5-6-7-8(2,3)4;/h2-4H3;/q-1;+1. The third-order valence-corrected chi connectivity index (χ3v) is 1.38. The minimum absolute atomic E-state index is 0. The van der Waals surface area contributed by atoms with E-state index in [4.69, 9.17) is 6.42 Å². The summed E-state index contributed by atoms with van der Waals surface area (Å²) in [6, 6.07) is 0. The van der Waals surface area contributed by atoms with Crippen molar-refractivity contribution in [3.05, 3.63) is 6.42 Å². The summed E-state index contributed by atoms with van der Waals surface area (Å²) in [7, 11) is -1.22. The van der Waals surface area contributed by atoms with E-state index in [0.29, 0.717) is 0 Å².